The van der Waals surface area contributed by atoms with Crippen LogP contribution in [0.2, 0.25) is 0 Å². The van der Waals surface area contributed by atoms with Crippen molar-refractivity contribution >= 4 is 35.6 Å². The molecule has 0 spiro atoms. The zero-order chi connectivity index (χ0) is 29.4. The lowest BCUT2D eigenvalue weighted by Crippen LogP contribution is -2.54. The van der Waals surface area contributed by atoms with Crippen molar-refractivity contribution in [1.82, 2.24) is 5.32 Å². The minimum atomic E-state index is -0.776. The number of rotatable bonds is 9. The maximum Gasteiger partial charge on any atom is 0.344 e. The topological polar surface area (TPSA) is 111 Å². The van der Waals surface area contributed by atoms with Gasteiger partial charge < -0.3 is 14.2 Å². The van der Waals surface area contributed by atoms with Gasteiger partial charge in [-0.15, -0.1) is 0 Å². The third kappa shape index (κ3) is 5.28. The first-order valence-corrected chi connectivity index (χ1v) is 14.9. The lowest BCUT2D eigenvalue weighted by atomic mass is 9.48. The molecule has 1 aliphatic heterocycles. The molecule has 4 bridgehead atoms. The summed E-state index contributed by atoms with van der Waals surface area (Å²) in [5.74, 6) is 1.11. The van der Waals surface area contributed by atoms with E-state index in [1.54, 1.807) is 32.0 Å². The summed E-state index contributed by atoms with van der Waals surface area (Å²) in [6.45, 7) is 3.80. The van der Waals surface area contributed by atoms with E-state index in [2.05, 4.69) is 17.4 Å². The molecule has 5 fully saturated rings. The van der Waals surface area contributed by atoms with E-state index in [0.717, 1.165) is 22.7 Å². The maximum atomic E-state index is 13.5. The third-order valence-corrected chi connectivity index (χ3v) is 9.11. The van der Waals surface area contributed by atoms with Crippen LogP contribution in [-0.2, 0) is 24.5 Å². The summed E-state index contributed by atoms with van der Waals surface area (Å²) in [4.78, 5) is 51.9. The first-order valence-electron chi connectivity index (χ1n) is 14.9. The van der Waals surface area contributed by atoms with E-state index in [-0.39, 0.29) is 24.2 Å². The SMILES string of the molecule is CCOC(=O)COc1ccc(/C=C2\C(=O)NC(=O)N(c3ccc(C45CC6CC(CC(C6)C4)C5)cc3)C2=O)cc1OCC. The van der Waals surface area contributed by atoms with E-state index >= 15 is 0 Å². The number of amides is 4. The molecule has 0 atom stereocenters. The molecule has 42 heavy (non-hydrogen) atoms. The molecule has 2 aromatic rings. The van der Waals surface area contributed by atoms with Gasteiger partial charge in [-0.3, -0.25) is 14.9 Å². The second-order valence-corrected chi connectivity index (χ2v) is 11.9. The number of ether oxygens (including phenoxy) is 3. The highest BCUT2D eigenvalue weighted by Gasteiger charge is 2.51. The number of carbonyl (C=O) groups excluding carboxylic acids is 4. The fourth-order valence-corrected chi connectivity index (χ4v) is 7.83. The summed E-state index contributed by atoms with van der Waals surface area (Å²) in [6.07, 6.45) is 9.16. The van der Waals surface area contributed by atoms with Gasteiger partial charge in [-0.2, -0.15) is 0 Å². The zero-order valence-corrected chi connectivity index (χ0v) is 24.0. The van der Waals surface area contributed by atoms with Gasteiger partial charge in [-0.05, 0) is 117 Å². The molecule has 0 radical (unpaired) electrons. The van der Waals surface area contributed by atoms with Crippen molar-refractivity contribution in [3.05, 3.63) is 59.2 Å². The van der Waals surface area contributed by atoms with Crippen molar-refractivity contribution < 1.29 is 33.4 Å². The Morgan fingerprint density at radius 3 is 2.19 bits per heavy atom. The molecule has 1 N–H and O–H groups in total. The number of nitrogens with zero attached hydrogens (tertiary/aromatic N) is 1. The average molecular weight is 573 g/mol. The number of imide groups is 2. The molecule has 1 heterocycles. The van der Waals surface area contributed by atoms with Crippen molar-refractivity contribution in [2.45, 2.75) is 57.8 Å². The monoisotopic (exact) mass is 572 g/mol. The highest BCUT2D eigenvalue weighted by atomic mass is 16.6. The molecule has 1 saturated heterocycles. The van der Waals surface area contributed by atoms with Crippen molar-refractivity contribution in [2.24, 2.45) is 17.8 Å². The van der Waals surface area contributed by atoms with Crippen molar-refractivity contribution in [2.75, 3.05) is 24.7 Å². The molecule has 4 aliphatic carbocycles. The van der Waals surface area contributed by atoms with Crippen LogP contribution in [-0.4, -0.2) is 43.6 Å². The maximum absolute atomic E-state index is 13.5. The van der Waals surface area contributed by atoms with Crippen LogP contribution in [0.1, 0.15) is 63.5 Å². The number of benzene rings is 2. The minimum absolute atomic E-state index is 0.178. The van der Waals surface area contributed by atoms with Gasteiger partial charge >= 0.3 is 12.0 Å². The highest BCUT2D eigenvalue weighted by Crippen LogP contribution is 2.60. The second kappa shape index (κ2) is 11.3. The predicted octanol–water partition coefficient (Wildman–Crippen LogP) is 5.16. The summed E-state index contributed by atoms with van der Waals surface area (Å²) in [5, 5.41) is 2.30. The summed E-state index contributed by atoms with van der Waals surface area (Å²) in [6, 6.07) is 11.8. The van der Waals surface area contributed by atoms with Crippen LogP contribution < -0.4 is 19.7 Å². The lowest BCUT2D eigenvalue weighted by Gasteiger charge is -2.57. The van der Waals surface area contributed by atoms with Crippen LogP contribution >= 0.6 is 0 Å². The quantitative estimate of drug-likeness (QED) is 0.251. The molecule has 0 unspecified atom stereocenters. The van der Waals surface area contributed by atoms with Crippen LogP contribution in [0.25, 0.3) is 6.08 Å². The molecule has 4 saturated carbocycles. The number of esters is 1. The lowest BCUT2D eigenvalue weighted by molar-refractivity contribution is -0.145. The number of barbiturate groups is 1. The van der Waals surface area contributed by atoms with Crippen LogP contribution in [0.4, 0.5) is 10.5 Å². The smallest absolute Gasteiger partial charge is 0.344 e. The summed E-state index contributed by atoms with van der Waals surface area (Å²) in [5.41, 5.74) is 2.22. The van der Waals surface area contributed by atoms with E-state index in [0.29, 0.717) is 29.4 Å². The Labute approximate surface area is 245 Å². The highest BCUT2D eigenvalue weighted by molar-refractivity contribution is 6.39. The third-order valence-electron chi connectivity index (χ3n) is 9.11. The van der Waals surface area contributed by atoms with Gasteiger partial charge in [-0.1, -0.05) is 18.2 Å². The van der Waals surface area contributed by atoms with E-state index in [1.807, 2.05) is 12.1 Å². The fraction of sp³-hybridized carbons (Fsp3) is 0.455. The molecule has 9 heteroatoms. The largest absolute Gasteiger partial charge is 0.490 e. The molecular weight excluding hydrogens is 536 g/mol. The molecule has 2 aromatic carbocycles. The average Bonchev–Trinajstić information content (AvgIpc) is 2.95. The first-order chi connectivity index (χ1) is 20.3. The number of hydrogen-bond donors (Lipinski definition) is 1. The van der Waals surface area contributed by atoms with Crippen molar-refractivity contribution in [3.8, 4) is 11.5 Å². The molecule has 0 aromatic heterocycles. The van der Waals surface area contributed by atoms with Gasteiger partial charge in [0.15, 0.2) is 18.1 Å². The van der Waals surface area contributed by atoms with E-state index in [1.165, 1.54) is 50.2 Å². The van der Waals surface area contributed by atoms with Crippen LogP contribution in [0.15, 0.2) is 48.0 Å². The summed E-state index contributed by atoms with van der Waals surface area (Å²) < 4.78 is 16.1. The second-order valence-electron chi connectivity index (χ2n) is 11.9. The van der Waals surface area contributed by atoms with E-state index < -0.39 is 23.8 Å². The van der Waals surface area contributed by atoms with Crippen LogP contribution in [0.3, 0.4) is 0 Å². The summed E-state index contributed by atoms with van der Waals surface area (Å²) >= 11 is 0. The van der Waals surface area contributed by atoms with Crippen LogP contribution in [0.5, 0.6) is 11.5 Å². The number of hydrogen-bond acceptors (Lipinski definition) is 7. The van der Waals surface area contributed by atoms with Crippen molar-refractivity contribution in [3.63, 3.8) is 0 Å². The molecule has 9 nitrogen and oxygen atoms in total. The van der Waals surface area contributed by atoms with Gasteiger partial charge in [0.2, 0.25) is 0 Å². The van der Waals surface area contributed by atoms with E-state index in [4.69, 9.17) is 14.2 Å². The molecule has 5 aliphatic rings. The number of nitrogens with one attached hydrogen (secondary N) is 1. The Morgan fingerprint density at radius 1 is 0.905 bits per heavy atom. The standard InChI is InChI=1S/C33H36N2O7/c1-3-40-28-15-20(5-10-27(28)42-19-29(36)41-4-2)14-26-30(37)34-32(39)35(31(26)38)25-8-6-24(7-9-25)33-16-21-11-22(17-33)13-23(12-21)18-33/h5-10,14-15,21-23H,3-4,11-13,16-19H2,1-2H3,(H,34,37,39)/b26-14+. The Hall–Kier alpha value is -4.14. The number of anilines is 1. The van der Waals surface area contributed by atoms with Gasteiger partial charge in [-0.25, -0.2) is 14.5 Å². The normalized spacial score (nSPS) is 27.3. The molecule has 7 rings (SSSR count). The Morgan fingerprint density at radius 2 is 1.57 bits per heavy atom. The van der Waals surface area contributed by atoms with E-state index in [9.17, 15) is 19.2 Å². The Kier molecular flexibility index (Phi) is 7.51. The number of carbonyl (C=O) groups is 4. The first kappa shape index (κ1) is 28.0. The molecular formula is C33H36N2O7. The Bertz CT molecular complexity index is 1410. The Balaban J connectivity index is 1.23. The summed E-state index contributed by atoms with van der Waals surface area (Å²) in [7, 11) is 0. The zero-order valence-electron chi connectivity index (χ0n) is 24.0. The van der Waals surface area contributed by atoms with Gasteiger partial charge in [0.05, 0.1) is 18.9 Å². The minimum Gasteiger partial charge on any atom is -0.490 e. The van der Waals surface area contributed by atoms with Gasteiger partial charge in [0, 0.05) is 0 Å². The molecule has 4 amide bonds. The molecule has 220 valence electrons. The predicted molar refractivity (Wildman–Crippen MR) is 155 cm³/mol. The van der Waals surface area contributed by atoms with Crippen molar-refractivity contribution in [1.29, 1.82) is 0 Å². The van der Waals surface area contributed by atoms with Gasteiger partial charge in [0.1, 0.15) is 5.57 Å². The number of urea groups is 1. The van der Waals surface area contributed by atoms with Crippen LogP contribution in [0, 0.1) is 17.8 Å². The fourth-order valence-electron chi connectivity index (χ4n) is 7.83. The van der Waals surface area contributed by atoms with Gasteiger partial charge in [0.25, 0.3) is 11.8 Å².